The van der Waals surface area contributed by atoms with E-state index in [0.717, 1.165) is 0 Å². The van der Waals surface area contributed by atoms with Crippen molar-refractivity contribution in [2.45, 2.75) is 84.2 Å². The molecule has 218 valence electrons. The average Bonchev–Trinajstić information content (AvgIpc) is 2.82. The molecule has 1 saturated heterocycles. The van der Waals surface area contributed by atoms with Gasteiger partial charge in [0, 0.05) is 18.7 Å². The summed E-state index contributed by atoms with van der Waals surface area (Å²) in [6.45, 7) is 13.7. The number of hydrogen-bond acceptors (Lipinski definition) is 10. The minimum Gasteiger partial charge on any atom is -0.465 e. The molecule has 1 N–H and O–H groups in total. The van der Waals surface area contributed by atoms with Crippen LogP contribution in [0.3, 0.4) is 0 Å². The Morgan fingerprint density at radius 3 is 2.03 bits per heavy atom. The molecule has 2 aliphatic heterocycles. The number of nitrogens with zero attached hydrogens (tertiary/aromatic N) is 3. The SMILES string of the molecule is CCOC(=O)C1CCN(C(=O)OC(C)(C)C)CC1=O.CSc1nc2c(c(=O)[nH]1)CCN(C(=O)OC(C)(C)C)C2. The van der Waals surface area contributed by atoms with Crippen molar-refractivity contribution >= 4 is 35.7 Å². The van der Waals surface area contributed by atoms with Crippen molar-refractivity contribution in [3.05, 3.63) is 21.6 Å². The summed E-state index contributed by atoms with van der Waals surface area (Å²) in [5, 5.41) is 0.569. The first-order chi connectivity index (χ1) is 18.0. The number of aromatic nitrogens is 2. The van der Waals surface area contributed by atoms with Crippen LogP contribution >= 0.6 is 11.8 Å². The van der Waals surface area contributed by atoms with E-state index in [1.54, 1.807) is 32.6 Å². The van der Waals surface area contributed by atoms with E-state index in [2.05, 4.69) is 9.97 Å². The molecule has 1 aromatic rings. The van der Waals surface area contributed by atoms with Crippen LogP contribution in [0, 0.1) is 5.92 Å². The Morgan fingerprint density at radius 2 is 1.54 bits per heavy atom. The van der Waals surface area contributed by atoms with Crippen molar-refractivity contribution in [2.75, 3.05) is 32.5 Å². The summed E-state index contributed by atoms with van der Waals surface area (Å²) in [5.74, 6) is -1.55. The fourth-order valence-corrected chi connectivity index (χ4v) is 4.19. The standard InChI is InChI=1S/C13H19N3O3S.C13H21NO5/c1-13(2,3)19-12(18)16-6-5-8-9(7-16)14-11(20-4)15-10(8)17;1-5-18-11(16)9-6-7-14(8-10(9)15)12(17)19-13(2,3)4/h5-7H2,1-4H3,(H,14,15,17);9H,5-8H2,1-4H3. The number of ether oxygens (including phenoxy) is 3. The van der Waals surface area contributed by atoms with E-state index in [0.29, 0.717) is 42.5 Å². The molecule has 1 unspecified atom stereocenters. The summed E-state index contributed by atoms with van der Waals surface area (Å²) in [6.07, 6.45) is 1.75. The van der Waals surface area contributed by atoms with Crippen molar-refractivity contribution < 1.29 is 33.4 Å². The van der Waals surface area contributed by atoms with Crippen molar-refractivity contribution in [1.82, 2.24) is 19.8 Å². The van der Waals surface area contributed by atoms with Crippen molar-refractivity contribution in [2.24, 2.45) is 5.92 Å². The molecule has 1 fully saturated rings. The molecule has 1 atom stereocenters. The number of fused-ring (bicyclic) bond motifs is 1. The maximum atomic E-state index is 12.0. The number of hydrogen-bond donors (Lipinski definition) is 1. The first-order valence-electron chi connectivity index (χ1n) is 12.9. The molecule has 0 aromatic carbocycles. The van der Waals surface area contributed by atoms with Crippen LogP contribution in [0.1, 0.15) is 66.1 Å². The van der Waals surface area contributed by atoms with Crippen LogP contribution in [0.4, 0.5) is 9.59 Å². The van der Waals surface area contributed by atoms with Gasteiger partial charge in [0.2, 0.25) is 0 Å². The molecule has 39 heavy (non-hydrogen) atoms. The molecule has 0 bridgehead atoms. The Balaban J connectivity index is 0.000000274. The second kappa shape index (κ2) is 13.3. The van der Waals surface area contributed by atoms with Crippen molar-refractivity contribution in [3.63, 3.8) is 0 Å². The molecule has 0 aliphatic carbocycles. The van der Waals surface area contributed by atoms with E-state index in [1.807, 2.05) is 27.0 Å². The third-order valence-electron chi connectivity index (χ3n) is 5.54. The van der Waals surface area contributed by atoms with Crippen LogP contribution in [-0.4, -0.2) is 87.4 Å². The van der Waals surface area contributed by atoms with E-state index >= 15 is 0 Å². The molecule has 3 heterocycles. The Hall–Kier alpha value is -3.09. The number of aromatic amines is 1. The molecular formula is C26H40N4O8S. The summed E-state index contributed by atoms with van der Waals surface area (Å²) in [5.41, 5.74) is 0.0996. The van der Waals surface area contributed by atoms with Crippen molar-refractivity contribution in [3.8, 4) is 0 Å². The highest BCUT2D eigenvalue weighted by atomic mass is 32.2. The van der Waals surface area contributed by atoms with Gasteiger partial charge in [0.1, 0.15) is 17.1 Å². The number of rotatable bonds is 3. The van der Waals surface area contributed by atoms with E-state index in [-0.39, 0.29) is 37.0 Å². The topological polar surface area (TPSA) is 148 Å². The van der Waals surface area contributed by atoms with E-state index < -0.39 is 29.2 Å². The number of carbonyl (C=O) groups excluding carboxylic acids is 4. The average molecular weight is 569 g/mol. The summed E-state index contributed by atoms with van der Waals surface area (Å²) >= 11 is 1.37. The molecule has 0 spiro atoms. The zero-order valence-corrected chi connectivity index (χ0v) is 24.9. The molecule has 0 saturated carbocycles. The molecule has 3 rings (SSSR count). The summed E-state index contributed by atoms with van der Waals surface area (Å²) in [4.78, 5) is 69.1. The molecule has 2 amide bonds. The van der Waals surface area contributed by atoms with Gasteiger partial charge in [-0.25, -0.2) is 14.6 Å². The molecule has 13 heteroatoms. The van der Waals surface area contributed by atoms with Crippen molar-refractivity contribution in [1.29, 1.82) is 0 Å². The number of likely N-dealkylation sites (tertiary alicyclic amines) is 1. The monoisotopic (exact) mass is 568 g/mol. The third kappa shape index (κ3) is 9.86. The fraction of sp³-hybridized carbons (Fsp3) is 0.692. The Morgan fingerprint density at radius 1 is 0.974 bits per heavy atom. The predicted molar refractivity (Wildman–Crippen MR) is 145 cm³/mol. The van der Waals surface area contributed by atoms with Crippen LogP contribution in [0.2, 0.25) is 0 Å². The van der Waals surface area contributed by atoms with Gasteiger partial charge >= 0.3 is 18.2 Å². The second-order valence-corrected chi connectivity index (χ2v) is 11.9. The van der Waals surface area contributed by atoms with Gasteiger partial charge in [-0.3, -0.25) is 14.4 Å². The van der Waals surface area contributed by atoms with Gasteiger partial charge in [0.05, 0.1) is 25.4 Å². The van der Waals surface area contributed by atoms with Gasteiger partial charge in [-0.15, -0.1) is 0 Å². The lowest BCUT2D eigenvalue weighted by Crippen LogP contribution is -2.48. The number of ketones is 1. The summed E-state index contributed by atoms with van der Waals surface area (Å²) in [6, 6.07) is 0. The number of Topliss-reactive ketones (excluding diaryl/α,β-unsaturated/α-hetero) is 1. The minimum absolute atomic E-state index is 0.0988. The Labute approximate surface area is 233 Å². The number of esters is 1. The number of amides is 2. The number of nitrogens with one attached hydrogen (secondary N) is 1. The fourth-order valence-electron chi connectivity index (χ4n) is 3.79. The first-order valence-corrected chi connectivity index (χ1v) is 14.1. The first kappa shape index (κ1) is 32.1. The third-order valence-corrected chi connectivity index (χ3v) is 6.12. The van der Waals surface area contributed by atoms with Gasteiger partial charge in [0.25, 0.3) is 5.56 Å². The lowest BCUT2D eigenvalue weighted by Gasteiger charge is -2.31. The number of piperidine rings is 1. The van der Waals surface area contributed by atoms with Gasteiger partial charge in [-0.1, -0.05) is 11.8 Å². The molecule has 2 aliphatic rings. The quantitative estimate of drug-likeness (QED) is 0.189. The highest BCUT2D eigenvalue weighted by Crippen LogP contribution is 2.20. The van der Waals surface area contributed by atoms with E-state index in [1.165, 1.54) is 16.7 Å². The van der Waals surface area contributed by atoms with Gasteiger partial charge in [0.15, 0.2) is 10.9 Å². The maximum absolute atomic E-state index is 12.0. The molecule has 0 radical (unpaired) electrons. The Bertz CT molecular complexity index is 1120. The number of thioether (sulfide) groups is 1. The van der Waals surface area contributed by atoms with Crippen LogP contribution in [0.5, 0.6) is 0 Å². The number of H-pyrrole nitrogens is 1. The van der Waals surface area contributed by atoms with Gasteiger partial charge in [-0.2, -0.15) is 0 Å². The van der Waals surface area contributed by atoms with E-state index in [4.69, 9.17) is 14.2 Å². The second-order valence-electron chi connectivity index (χ2n) is 11.1. The Kier molecular flexibility index (Phi) is 11.0. The predicted octanol–water partition coefficient (Wildman–Crippen LogP) is 3.16. The zero-order valence-electron chi connectivity index (χ0n) is 24.0. The lowest BCUT2D eigenvalue weighted by molar-refractivity contribution is -0.153. The normalized spacial score (nSPS) is 17.4. The summed E-state index contributed by atoms with van der Waals surface area (Å²) in [7, 11) is 0. The maximum Gasteiger partial charge on any atom is 0.410 e. The smallest absolute Gasteiger partial charge is 0.410 e. The number of carbonyl (C=O) groups is 4. The minimum atomic E-state index is -0.751. The van der Waals surface area contributed by atoms with Gasteiger partial charge in [-0.05, 0) is 67.6 Å². The van der Waals surface area contributed by atoms with Crippen LogP contribution < -0.4 is 5.56 Å². The van der Waals surface area contributed by atoms with Crippen LogP contribution in [0.25, 0.3) is 0 Å². The molecular weight excluding hydrogens is 528 g/mol. The molecule has 1 aromatic heterocycles. The van der Waals surface area contributed by atoms with Crippen LogP contribution in [0.15, 0.2) is 9.95 Å². The highest BCUT2D eigenvalue weighted by Gasteiger charge is 2.36. The van der Waals surface area contributed by atoms with E-state index in [9.17, 15) is 24.0 Å². The summed E-state index contributed by atoms with van der Waals surface area (Å²) < 4.78 is 15.4. The zero-order chi connectivity index (χ0) is 29.5. The lowest BCUT2D eigenvalue weighted by atomic mass is 9.96. The highest BCUT2D eigenvalue weighted by molar-refractivity contribution is 7.98. The van der Waals surface area contributed by atoms with Gasteiger partial charge < -0.3 is 29.0 Å². The largest absolute Gasteiger partial charge is 0.465 e. The molecule has 12 nitrogen and oxygen atoms in total. The van der Waals surface area contributed by atoms with Crippen LogP contribution in [-0.2, 0) is 36.8 Å².